The molecule has 3 rings (SSSR count). The molecule has 2 aromatic carbocycles. The highest BCUT2D eigenvalue weighted by molar-refractivity contribution is 8.18. The molecule has 2 aromatic rings. The van der Waals surface area contributed by atoms with Crippen molar-refractivity contribution in [2.75, 3.05) is 0 Å². The third kappa shape index (κ3) is 3.60. The molecule has 0 bridgehead atoms. The van der Waals surface area contributed by atoms with Gasteiger partial charge in [-0.25, -0.2) is 4.99 Å². The summed E-state index contributed by atoms with van der Waals surface area (Å²) in [4.78, 5) is 27.3. The molecule has 0 spiro atoms. The highest BCUT2D eigenvalue weighted by Gasteiger charge is 2.26. The second-order valence-corrected chi connectivity index (χ2v) is 6.72. The zero-order valence-corrected chi connectivity index (χ0v) is 14.8. The predicted octanol–water partition coefficient (Wildman–Crippen LogP) is 3.89. The van der Waals surface area contributed by atoms with Gasteiger partial charge in [-0.1, -0.05) is 6.07 Å². The van der Waals surface area contributed by atoms with Crippen LogP contribution in [0.25, 0.3) is 5.57 Å². The lowest BCUT2D eigenvalue weighted by molar-refractivity contribution is -0.384. The van der Waals surface area contributed by atoms with Gasteiger partial charge in [0.25, 0.3) is 11.6 Å². The van der Waals surface area contributed by atoms with Gasteiger partial charge in [-0.2, -0.15) is 0 Å². The normalized spacial score (nSPS) is 17.3. The van der Waals surface area contributed by atoms with E-state index in [1.165, 1.54) is 23.9 Å². The molecule has 0 atom stereocenters. The number of benzene rings is 2. The summed E-state index contributed by atoms with van der Waals surface area (Å²) in [7, 11) is 0. The number of hydrogen-bond acceptors (Lipinski definition) is 6. The molecule has 1 aliphatic heterocycles. The molecule has 2 N–H and O–H groups in total. The van der Waals surface area contributed by atoms with E-state index in [2.05, 4.69) is 10.3 Å². The van der Waals surface area contributed by atoms with E-state index in [1.54, 1.807) is 37.3 Å². The molecule has 132 valence electrons. The molecule has 1 saturated heterocycles. The van der Waals surface area contributed by atoms with E-state index in [1.807, 2.05) is 6.92 Å². The molecule has 1 fully saturated rings. The number of aryl methyl sites for hydroxylation is 1. The third-order valence-electron chi connectivity index (χ3n) is 3.83. The average Bonchev–Trinajstić information content (AvgIpc) is 2.98. The number of nitrogens with one attached hydrogen (secondary N) is 1. The second-order valence-electron chi connectivity index (χ2n) is 5.72. The lowest BCUT2D eigenvalue weighted by atomic mass is 10.1. The first-order valence-corrected chi connectivity index (χ1v) is 8.50. The lowest BCUT2D eigenvalue weighted by Crippen LogP contribution is -2.19. The summed E-state index contributed by atoms with van der Waals surface area (Å²) in [6, 6.07) is 11.1. The van der Waals surface area contributed by atoms with Crippen molar-refractivity contribution in [1.82, 2.24) is 5.32 Å². The van der Waals surface area contributed by atoms with Gasteiger partial charge in [0, 0.05) is 12.1 Å². The van der Waals surface area contributed by atoms with Crippen LogP contribution in [0.5, 0.6) is 5.75 Å². The number of allylic oxidation sites excluding steroid dienone is 1. The highest BCUT2D eigenvalue weighted by atomic mass is 32.2. The summed E-state index contributed by atoms with van der Waals surface area (Å²) >= 11 is 1.17. The molecule has 0 radical (unpaired) electrons. The minimum absolute atomic E-state index is 0.00718. The number of nitrogens with zero attached hydrogens (tertiary/aromatic N) is 2. The van der Waals surface area contributed by atoms with Crippen LogP contribution in [0.15, 0.2) is 52.4 Å². The Kier molecular flexibility index (Phi) is 4.77. The molecule has 0 aromatic heterocycles. The average molecular weight is 369 g/mol. The number of non-ortho nitro benzene ring substituents is 1. The van der Waals surface area contributed by atoms with E-state index in [-0.39, 0.29) is 17.3 Å². The molecule has 26 heavy (non-hydrogen) atoms. The molecule has 1 amide bonds. The van der Waals surface area contributed by atoms with Gasteiger partial charge in [0.15, 0.2) is 5.17 Å². The van der Waals surface area contributed by atoms with Crippen molar-refractivity contribution < 1.29 is 14.8 Å². The van der Waals surface area contributed by atoms with Crippen LogP contribution in [-0.2, 0) is 4.79 Å². The van der Waals surface area contributed by atoms with E-state index in [9.17, 15) is 20.0 Å². The fourth-order valence-electron chi connectivity index (χ4n) is 2.42. The Morgan fingerprint density at radius 3 is 2.58 bits per heavy atom. The highest BCUT2D eigenvalue weighted by Crippen LogP contribution is 2.35. The smallest absolute Gasteiger partial charge is 0.269 e. The summed E-state index contributed by atoms with van der Waals surface area (Å²) in [6.45, 7) is 3.66. The lowest BCUT2D eigenvalue weighted by Gasteiger charge is -2.03. The number of aromatic hydroxyl groups is 1. The van der Waals surface area contributed by atoms with Gasteiger partial charge in [0.05, 0.1) is 9.83 Å². The maximum absolute atomic E-state index is 12.3. The SMILES string of the molecule is C/C(=C1/SC(=Nc2cc(C)ccc2O)NC1=O)c1ccc([N+](=O)[O-])cc1. The Hall–Kier alpha value is -3.13. The second kappa shape index (κ2) is 7.01. The quantitative estimate of drug-likeness (QED) is 0.485. The first kappa shape index (κ1) is 17.7. The number of aliphatic imine (C=N–C) groups is 1. The first-order valence-electron chi connectivity index (χ1n) is 7.68. The third-order valence-corrected chi connectivity index (χ3v) is 4.91. The van der Waals surface area contributed by atoms with Crippen molar-refractivity contribution in [3.63, 3.8) is 0 Å². The van der Waals surface area contributed by atoms with E-state index in [0.717, 1.165) is 5.56 Å². The number of rotatable bonds is 3. The number of amides is 1. The van der Waals surface area contributed by atoms with Gasteiger partial charge < -0.3 is 10.4 Å². The summed E-state index contributed by atoms with van der Waals surface area (Å²) in [5.41, 5.74) is 2.72. The maximum Gasteiger partial charge on any atom is 0.269 e. The van der Waals surface area contributed by atoms with E-state index < -0.39 is 4.92 Å². The summed E-state index contributed by atoms with van der Waals surface area (Å²) in [6.07, 6.45) is 0. The fourth-order valence-corrected chi connectivity index (χ4v) is 3.31. The van der Waals surface area contributed by atoms with Gasteiger partial charge in [0.1, 0.15) is 11.4 Å². The van der Waals surface area contributed by atoms with Crippen molar-refractivity contribution in [2.45, 2.75) is 13.8 Å². The Labute approximate surface area is 153 Å². The van der Waals surface area contributed by atoms with Crippen molar-refractivity contribution in [2.24, 2.45) is 4.99 Å². The Morgan fingerprint density at radius 2 is 1.92 bits per heavy atom. The number of thioether (sulfide) groups is 1. The Bertz CT molecular complexity index is 965. The molecule has 1 aliphatic rings. The fraction of sp³-hybridized carbons (Fsp3) is 0.111. The molecular formula is C18H15N3O4S. The maximum atomic E-state index is 12.3. The van der Waals surface area contributed by atoms with Crippen molar-refractivity contribution in [3.05, 3.63) is 68.6 Å². The van der Waals surface area contributed by atoms with Crippen LogP contribution in [0.4, 0.5) is 11.4 Å². The zero-order valence-electron chi connectivity index (χ0n) is 14.0. The zero-order chi connectivity index (χ0) is 18.8. The standard InChI is InChI=1S/C18H15N3O4S/c1-10-3-8-15(22)14(9-10)19-18-20-17(23)16(26-18)11(2)12-4-6-13(7-5-12)21(24)25/h3-9,22H,1-2H3,(H,19,20,23)/b16-11-. The number of nitro benzene ring substituents is 1. The topological polar surface area (TPSA) is 105 Å². The van der Waals surface area contributed by atoms with Crippen LogP contribution in [0.2, 0.25) is 0 Å². The molecule has 7 nitrogen and oxygen atoms in total. The van der Waals surface area contributed by atoms with Gasteiger partial charge in [0.2, 0.25) is 0 Å². The number of nitro groups is 1. The van der Waals surface area contributed by atoms with Crippen LogP contribution >= 0.6 is 11.8 Å². The minimum atomic E-state index is -0.470. The largest absolute Gasteiger partial charge is 0.506 e. The number of carbonyl (C=O) groups is 1. The number of phenols is 1. The molecule has 8 heteroatoms. The predicted molar refractivity (Wildman–Crippen MR) is 101 cm³/mol. The summed E-state index contributed by atoms with van der Waals surface area (Å²) < 4.78 is 0. The minimum Gasteiger partial charge on any atom is -0.506 e. The first-order chi connectivity index (χ1) is 12.3. The van der Waals surface area contributed by atoms with Crippen LogP contribution in [0.1, 0.15) is 18.1 Å². The molecular weight excluding hydrogens is 354 g/mol. The van der Waals surface area contributed by atoms with Crippen LogP contribution in [0.3, 0.4) is 0 Å². The van der Waals surface area contributed by atoms with Crippen LogP contribution in [-0.4, -0.2) is 21.1 Å². The Balaban J connectivity index is 1.91. The molecule has 0 saturated carbocycles. The molecule has 1 heterocycles. The van der Waals surface area contributed by atoms with Gasteiger partial charge in [-0.05, 0) is 66.6 Å². The van der Waals surface area contributed by atoms with E-state index >= 15 is 0 Å². The summed E-state index contributed by atoms with van der Waals surface area (Å²) in [5.74, 6) is -0.265. The van der Waals surface area contributed by atoms with Gasteiger partial charge in [-0.15, -0.1) is 0 Å². The van der Waals surface area contributed by atoms with Gasteiger partial charge >= 0.3 is 0 Å². The van der Waals surface area contributed by atoms with Crippen LogP contribution < -0.4 is 5.32 Å². The van der Waals surface area contributed by atoms with E-state index in [4.69, 9.17) is 0 Å². The summed E-state index contributed by atoms with van der Waals surface area (Å²) in [5, 5.41) is 23.7. The van der Waals surface area contributed by atoms with Crippen LogP contribution in [0, 0.1) is 17.0 Å². The van der Waals surface area contributed by atoms with Crippen molar-refractivity contribution in [1.29, 1.82) is 0 Å². The number of carbonyl (C=O) groups excluding carboxylic acids is 1. The monoisotopic (exact) mass is 369 g/mol. The van der Waals surface area contributed by atoms with Gasteiger partial charge in [-0.3, -0.25) is 14.9 Å². The number of phenolic OH excluding ortho intramolecular Hbond substituents is 1. The Morgan fingerprint density at radius 1 is 1.23 bits per heavy atom. The van der Waals surface area contributed by atoms with E-state index in [0.29, 0.717) is 26.9 Å². The number of amidine groups is 1. The van der Waals surface area contributed by atoms with Crippen molar-refractivity contribution in [3.8, 4) is 5.75 Å². The van der Waals surface area contributed by atoms with Crippen molar-refractivity contribution >= 4 is 39.8 Å². The molecule has 0 unspecified atom stereocenters. The molecule has 0 aliphatic carbocycles. The number of hydrogen-bond donors (Lipinski definition) is 2.